The molecular weight excluding hydrogens is 212 g/mol. The smallest absolute Gasteiger partial charge is 0.226 e. The molecule has 0 fully saturated rings. The van der Waals surface area contributed by atoms with E-state index in [1.165, 1.54) is 16.7 Å². The van der Waals surface area contributed by atoms with Crippen molar-refractivity contribution >= 4 is 5.91 Å². The third-order valence-corrected chi connectivity index (χ3v) is 3.05. The van der Waals surface area contributed by atoms with Crippen molar-refractivity contribution in [2.75, 3.05) is 20.6 Å². The van der Waals surface area contributed by atoms with E-state index in [1.54, 1.807) is 19.0 Å². The second kappa shape index (κ2) is 5.82. The molecule has 94 valence electrons. The second-order valence-corrected chi connectivity index (χ2v) is 4.80. The van der Waals surface area contributed by atoms with E-state index in [9.17, 15) is 4.79 Å². The Kier molecular flexibility index (Phi) is 4.70. The highest BCUT2D eigenvalue weighted by molar-refractivity contribution is 5.78. The summed E-state index contributed by atoms with van der Waals surface area (Å²) in [6, 6.07) is 6.32. The van der Waals surface area contributed by atoms with Crippen LogP contribution in [0.4, 0.5) is 0 Å². The lowest BCUT2D eigenvalue weighted by Gasteiger charge is -2.20. The molecule has 0 aromatic heterocycles. The van der Waals surface area contributed by atoms with Crippen LogP contribution in [0.5, 0.6) is 0 Å². The van der Waals surface area contributed by atoms with E-state index in [2.05, 4.69) is 32.0 Å². The van der Waals surface area contributed by atoms with Crippen LogP contribution in [0, 0.1) is 19.8 Å². The molecule has 2 N–H and O–H groups in total. The van der Waals surface area contributed by atoms with Crippen molar-refractivity contribution in [2.24, 2.45) is 11.7 Å². The number of carbonyl (C=O) groups excluding carboxylic acids is 1. The zero-order valence-corrected chi connectivity index (χ0v) is 11.2. The minimum atomic E-state index is -0.120. The van der Waals surface area contributed by atoms with Gasteiger partial charge in [0.15, 0.2) is 0 Å². The quantitative estimate of drug-likeness (QED) is 0.858. The normalized spacial score (nSPS) is 12.3. The van der Waals surface area contributed by atoms with Gasteiger partial charge in [-0.25, -0.2) is 0 Å². The summed E-state index contributed by atoms with van der Waals surface area (Å²) in [5.74, 6) is -0.0149. The minimum absolute atomic E-state index is 0.105. The molecule has 0 bridgehead atoms. The highest BCUT2D eigenvalue weighted by Gasteiger charge is 2.19. The Hall–Kier alpha value is -1.35. The summed E-state index contributed by atoms with van der Waals surface area (Å²) in [5, 5.41) is 0. The van der Waals surface area contributed by atoms with Gasteiger partial charge < -0.3 is 10.6 Å². The van der Waals surface area contributed by atoms with Crippen molar-refractivity contribution in [3.05, 3.63) is 34.9 Å². The predicted octanol–water partition coefficient (Wildman–Crippen LogP) is 1.51. The molecule has 0 aliphatic carbocycles. The minimum Gasteiger partial charge on any atom is -0.349 e. The van der Waals surface area contributed by atoms with E-state index in [4.69, 9.17) is 5.73 Å². The summed E-state index contributed by atoms with van der Waals surface area (Å²) in [5.41, 5.74) is 9.36. The first-order valence-electron chi connectivity index (χ1n) is 5.93. The second-order valence-electron chi connectivity index (χ2n) is 4.80. The molecule has 0 aliphatic rings. The number of amides is 1. The van der Waals surface area contributed by atoms with Gasteiger partial charge in [0, 0.05) is 20.6 Å². The van der Waals surface area contributed by atoms with Gasteiger partial charge in [0.1, 0.15) is 0 Å². The summed E-state index contributed by atoms with van der Waals surface area (Å²) in [7, 11) is 3.54. The average Bonchev–Trinajstić information content (AvgIpc) is 2.29. The van der Waals surface area contributed by atoms with Gasteiger partial charge in [-0.3, -0.25) is 4.79 Å². The number of aryl methyl sites for hydroxylation is 2. The maximum atomic E-state index is 11.9. The van der Waals surface area contributed by atoms with E-state index >= 15 is 0 Å². The summed E-state index contributed by atoms with van der Waals surface area (Å²) in [6.45, 7) is 4.53. The first-order valence-corrected chi connectivity index (χ1v) is 5.93. The molecule has 1 atom stereocenters. The molecule has 1 unspecified atom stereocenters. The topological polar surface area (TPSA) is 46.3 Å². The Balaban J connectivity index is 2.87. The molecule has 0 spiro atoms. The fourth-order valence-electron chi connectivity index (χ4n) is 1.92. The number of benzene rings is 1. The number of nitrogens with two attached hydrogens (primary N) is 1. The Labute approximate surface area is 104 Å². The van der Waals surface area contributed by atoms with Crippen molar-refractivity contribution in [1.82, 2.24) is 4.90 Å². The zero-order chi connectivity index (χ0) is 13.0. The lowest BCUT2D eigenvalue weighted by atomic mass is 9.94. The molecule has 0 saturated heterocycles. The van der Waals surface area contributed by atoms with E-state index < -0.39 is 0 Å². The van der Waals surface area contributed by atoms with Crippen LogP contribution in [0.15, 0.2) is 18.2 Å². The standard InChI is InChI=1S/C14H22N2O/c1-10-5-6-11(2)12(7-10)8-13(9-15)14(17)16(3)4/h5-7,13H,8-9,15H2,1-4H3. The van der Waals surface area contributed by atoms with Gasteiger partial charge in [0.2, 0.25) is 5.91 Å². The van der Waals surface area contributed by atoms with Gasteiger partial charge in [0.05, 0.1) is 5.92 Å². The highest BCUT2D eigenvalue weighted by Crippen LogP contribution is 2.16. The zero-order valence-electron chi connectivity index (χ0n) is 11.2. The highest BCUT2D eigenvalue weighted by atomic mass is 16.2. The molecule has 1 amide bonds. The lowest BCUT2D eigenvalue weighted by Crippen LogP contribution is -2.35. The van der Waals surface area contributed by atoms with Crippen LogP contribution in [0.2, 0.25) is 0 Å². The van der Waals surface area contributed by atoms with Crippen LogP contribution in [0.25, 0.3) is 0 Å². The van der Waals surface area contributed by atoms with E-state index in [-0.39, 0.29) is 11.8 Å². The third kappa shape index (κ3) is 3.56. The van der Waals surface area contributed by atoms with Crippen LogP contribution in [-0.4, -0.2) is 31.4 Å². The maximum absolute atomic E-state index is 11.9. The Morgan fingerprint density at radius 3 is 2.53 bits per heavy atom. The van der Waals surface area contributed by atoms with Crippen LogP contribution >= 0.6 is 0 Å². The fraction of sp³-hybridized carbons (Fsp3) is 0.500. The van der Waals surface area contributed by atoms with E-state index in [0.717, 1.165) is 6.42 Å². The molecule has 0 radical (unpaired) electrons. The number of hydrogen-bond acceptors (Lipinski definition) is 2. The Morgan fingerprint density at radius 2 is 2.00 bits per heavy atom. The molecule has 17 heavy (non-hydrogen) atoms. The van der Waals surface area contributed by atoms with Crippen LogP contribution in [0.1, 0.15) is 16.7 Å². The largest absolute Gasteiger partial charge is 0.349 e. The molecule has 3 heteroatoms. The summed E-state index contributed by atoms with van der Waals surface area (Å²) >= 11 is 0. The van der Waals surface area contributed by atoms with E-state index in [1.807, 2.05) is 0 Å². The Morgan fingerprint density at radius 1 is 1.35 bits per heavy atom. The molecule has 0 aliphatic heterocycles. The summed E-state index contributed by atoms with van der Waals surface area (Å²) in [4.78, 5) is 13.5. The first kappa shape index (κ1) is 13.7. The monoisotopic (exact) mass is 234 g/mol. The van der Waals surface area contributed by atoms with Crippen molar-refractivity contribution < 1.29 is 4.79 Å². The first-order chi connectivity index (χ1) is 7.95. The molecule has 0 saturated carbocycles. The number of hydrogen-bond donors (Lipinski definition) is 1. The van der Waals surface area contributed by atoms with Gasteiger partial charge in [-0.2, -0.15) is 0 Å². The lowest BCUT2D eigenvalue weighted by molar-refractivity contribution is -0.132. The number of carbonyl (C=O) groups is 1. The van der Waals surface area contributed by atoms with Crippen molar-refractivity contribution in [2.45, 2.75) is 20.3 Å². The predicted molar refractivity (Wildman–Crippen MR) is 70.9 cm³/mol. The molecule has 1 aromatic rings. The average molecular weight is 234 g/mol. The van der Waals surface area contributed by atoms with Gasteiger partial charge in [-0.1, -0.05) is 23.8 Å². The maximum Gasteiger partial charge on any atom is 0.226 e. The van der Waals surface area contributed by atoms with Crippen molar-refractivity contribution in [3.63, 3.8) is 0 Å². The summed E-state index contributed by atoms with van der Waals surface area (Å²) < 4.78 is 0. The van der Waals surface area contributed by atoms with Crippen molar-refractivity contribution in [1.29, 1.82) is 0 Å². The molecular formula is C14H22N2O. The van der Waals surface area contributed by atoms with Gasteiger partial charge in [-0.05, 0) is 31.4 Å². The fourth-order valence-corrected chi connectivity index (χ4v) is 1.92. The summed E-state index contributed by atoms with van der Waals surface area (Å²) in [6.07, 6.45) is 0.723. The molecule has 1 aromatic carbocycles. The molecule has 0 heterocycles. The SMILES string of the molecule is Cc1ccc(C)c(CC(CN)C(=O)N(C)C)c1. The van der Waals surface area contributed by atoms with Gasteiger partial charge >= 0.3 is 0 Å². The number of rotatable bonds is 4. The van der Waals surface area contributed by atoms with Crippen LogP contribution in [-0.2, 0) is 11.2 Å². The van der Waals surface area contributed by atoms with Crippen LogP contribution < -0.4 is 5.73 Å². The van der Waals surface area contributed by atoms with Crippen molar-refractivity contribution in [3.8, 4) is 0 Å². The Bertz CT molecular complexity index is 399. The third-order valence-electron chi connectivity index (χ3n) is 3.05. The van der Waals surface area contributed by atoms with Gasteiger partial charge in [0.25, 0.3) is 0 Å². The molecule has 3 nitrogen and oxygen atoms in total. The van der Waals surface area contributed by atoms with Gasteiger partial charge in [-0.15, -0.1) is 0 Å². The molecule has 1 rings (SSSR count). The van der Waals surface area contributed by atoms with Crippen LogP contribution in [0.3, 0.4) is 0 Å². The number of nitrogens with zero attached hydrogens (tertiary/aromatic N) is 1. The van der Waals surface area contributed by atoms with E-state index in [0.29, 0.717) is 6.54 Å².